The maximum atomic E-state index is 12.5. The van der Waals surface area contributed by atoms with E-state index in [1.807, 2.05) is 0 Å². The number of thiazole rings is 1. The van der Waals surface area contributed by atoms with Gasteiger partial charge in [0.2, 0.25) is 0 Å². The van der Waals surface area contributed by atoms with E-state index in [1.165, 1.54) is 6.20 Å². The fraction of sp³-hybridized carbons (Fsp3) is 0.200. The Kier molecular flexibility index (Phi) is 3.45. The molecule has 0 fully saturated rings. The molecule has 96 valence electrons. The third kappa shape index (κ3) is 2.91. The van der Waals surface area contributed by atoms with Gasteiger partial charge in [-0.1, -0.05) is 11.6 Å². The zero-order valence-corrected chi connectivity index (χ0v) is 10.3. The van der Waals surface area contributed by atoms with Gasteiger partial charge in [0.1, 0.15) is 0 Å². The highest BCUT2D eigenvalue weighted by Crippen LogP contribution is 2.28. The number of hydrogen-bond donors (Lipinski definition) is 0. The van der Waals surface area contributed by atoms with Gasteiger partial charge < -0.3 is 4.57 Å². The summed E-state index contributed by atoms with van der Waals surface area (Å²) in [6.07, 6.45) is -2.25. The molecule has 3 nitrogen and oxygen atoms in total. The summed E-state index contributed by atoms with van der Waals surface area (Å²) in [5.41, 5.74) is -1.37. The Morgan fingerprint density at radius 1 is 1.39 bits per heavy atom. The van der Waals surface area contributed by atoms with Gasteiger partial charge in [-0.3, -0.25) is 4.79 Å². The molecular weight excluding hydrogens is 289 g/mol. The molecule has 0 bridgehead atoms. The summed E-state index contributed by atoms with van der Waals surface area (Å²) in [6.45, 7) is 0.0210. The first-order valence-corrected chi connectivity index (χ1v) is 5.93. The van der Waals surface area contributed by atoms with E-state index >= 15 is 0 Å². The predicted octanol–water partition coefficient (Wildman–Crippen LogP) is 3.03. The molecule has 0 saturated heterocycles. The largest absolute Gasteiger partial charge is 0.417 e. The average molecular weight is 295 g/mol. The normalized spacial score (nSPS) is 11.8. The molecule has 8 heteroatoms. The highest BCUT2D eigenvalue weighted by molar-refractivity contribution is 7.15. The molecule has 0 saturated carbocycles. The van der Waals surface area contributed by atoms with Crippen LogP contribution in [0.3, 0.4) is 0 Å². The molecule has 0 radical (unpaired) electrons. The van der Waals surface area contributed by atoms with Crippen molar-refractivity contribution in [1.29, 1.82) is 0 Å². The van der Waals surface area contributed by atoms with Crippen LogP contribution in [-0.4, -0.2) is 9.55 Å². The summed E-state index contributed by atoms with van der Waals surface area (Å²) >= 11 is 6.73. The van der Waals surface area contributed by atoms with Gasteiger partial charge in [0, 0.05) is 23.3 Å². The van der Waals surface area contributed by atoms with E-state index < -0.39 is 17.3 Å². The lowest BCUT2D eigenvalue weighted by Gasteiger charge is -2.09. The van der Waals surface area contributed by atoms with E-state index in [2.05, 4.69) is 4.98 Å². The van der Waals surface area contributed by atoms with E-state index in [0.29, 0.717) is 4.88 Å². The lowest BCUT2D eigenvalue weighted by molar-refractivity contribution is -0.138. The van der Waals surface area contributed by atoms with Crippen LogP contribution in [0.4, 0.5) is 13.2 Å². The van der Waals surface area contributed by atoms with Gasteiger partial charge in [-0.2, -0.15) is 13.2 Å². The number of rotatable bonds is 2. The number of hydrogen-bond acceptors (Lipinski definition) is 3. The molecule has 0 N–H and O–H groups in total. The summed E-state index contributed by atoms with van der Waals surface area (Å²) in [6, 6.07) is 1.66. The standard InChI is InChI=1S/C10H6ClF3N2OS/c11-9-15-3-7(18-9)5-16-4-6(10(12,13)14)1-2-8(16)17/h1-4H,5H2. The smallest absolute Gasteiger partial charge is 0.310 e. The molecule has 0 aliphatic heterocycles. The van der Waals surface area contributed by atoms with Gasteiger partial charge in [0.05, 0.1) is 12.1 Å². The summed E-state index contributed by atoms with van der Waals surface area (Å²) < 4.78 is 38.8. The Bertz CT molecular complexity index is 620. The van der Waals surface area contributed by atoms with Crippen LogP contribution >= 0.6 is 22.9 Å². The van der Waals surface area contributed by atoms with Crippen LogP contribution < -0.4 is 5.56 Å². The number of nitrogens with zero attached hydrogens (tertiary/aromatic N) is 2. The second-order valence-electron chi connectivity index (χ2n) is 3.46. The van der Waals surface area contributed by atoms with Gasteiger partial charge in [-0.25, -0.2) is 4.98 Å². The van der Waals surface area contributed by atoms with E-state index in [0.717, 1.165) is 34.2 Å². The molecule has 0 aliphatic carbocycles. The lowest BCUT2D eigenvalue weighted by atomic mass is 10.3. The van der Waals surface area contributed by atoms with Crippen LogP contribution in [0, 0.1) is 0 Å². The van der Waals surface area contributed by atoms with Crippen molar-refractivity contribution in [3.05, 3.63) is 49.8 Å². The number of pyridine rings is 1. The average Bonchev–Trinajstić information content (AvgIpc) is 2.66. The molecule has 0 aromatic carbocycles. The Labute approximate surface area is 108 Å². The summed E-state index contributed by atoms with van der Waals surface area (Å²) in [5, 5.41) is 0. The minimum absolute atomic E-state index is 0.0210. The third-order valence-electron chi connectivity index (χ3n) is 2.16. The highest BCUT2D eigenvalue weighted by Gasteiger charge is 2.31. The molecule has 0 amide bonds. The van der Waals surface area contributed by atoms with Gasteiger partial charge >= 0.3 is 6.18 Å². The van der Waals surface area contributed by atoms with E-state index in [-0.39, 0.29) is 11.0 Å². The first-order valence-electron chi connectivity index (χ1n) is 4.74. The van der Waals surface area contributed by atoms with Gasteiger partial charge in [-0.05, 0) is 6.07 Å². The maximum Gasteiger partial charge on any atom is 0.417 e. The van der Waals surface area contributed by atoms with E-state index in [4.69, 9.17) is 11.6 Å². The second-order valence-corrected chi connectivity index (χ2v) is 5.16. The molecule has 2 rings (SSSR count). The van der Waals surface area contributed by atoms with Crippen molar-refractivity contribution in [2.75, 3.05) is 0 Å². The van der Waals surface area contributed by atoms with Crippen molar-refractivity contribution >= 4 is 22.9 Å². The van der Waals surface area contributed by atoms with Crippen LogP contribution in [0.15, 0.2) is 29.3 Å². The van der Waals surface area contributed by atoms with E-state index in [9.17, 15) is 18.0 Å². The Morgan fingerprint density at radius 3 is 2.67 bits per heavy atom. The SMILES string of the molecule is O=c1ccc(C(F)(F)F)cn1Cc1cnc(Cl)s1. The van der Waals surface area contributed by atoms with Crippen LogP contribution in [-0.2, 0) is 12.7 Å². The first-order chi connectivity index (χ1) is 8.36. The predicted molar refractivity (Wildman–Crippen MR) is 61.9 cm³/mol. The van der Waals surface area contributed by atoms with Gasteiger partial charge in [-0.15, -0.1) is 11.3 Å². The van der Waals surface area contributed by atoms with Crippen molar-refractivity contribution in [3.8, 4) is 0 Å². The molecule has 2 aromatic rings. The quantitative estimate of drug-likeness (QED) is 0.853. The maximum absolute atomic E-state index is 12.5. The fourth-order valence-corrected chi connectivity index (χ4v) is 2.32. The molecule has 2 heterocycles. The summed E-state index contributed by atoms with van der Waals surface area (Å²) in [7, 11) is 0. The second kappa shape index (κ2) is 4.74. The molecular formula is C10H6ClF3N2OS. The Morgan fingerprint density at radius 2 is 2.11 bits per heavy atom. The Balaban J connectivity index is 2.35. The number of alkyl halides is 3. The monoisotopic (exact) mass is 294 g/mol. The van der Waals surface area contributed by atoms with Gasteiger partial charge in [0.25, 0.3) is 5.56 Å². The fourth-order valence-electron chi connectivity index (χ4n) is 1.35. The first kappa shape index (κ1) is 13.1. The molecule has 0 spiro atoms. The molecule has 0 aliphatic rings. The van der Waals surface area contributed by atoms with Crippen molar-refractivity contribution in [1.82, 2.24) is 9.55 Å². The van der Waals surface area contributed by atoms with Crippen LogP contribution in [0.1, 0.15) is 10.4 Å². The zero-order chi connectivity index (χ0) is 13.3. The van der Waals surface area contributed by atoms with Crippen LogP contribution in [0.5, 0.6) is 0 Å². The van der Waals surface area contributed by atoms with Crippen molar-refractivity contribution < 1.29 is 13.2 Å². The lowest BCUT2D eigenvalue weighted by Crippen LogP contribution is -2.21. The number of halogens is 4. The molecule has 2 aromatic heterocycles. The molecule has 18 heavy (non-hydrogen) atoms. The minimum Gasteiger partial charge on any atom is -0.310 e. The highest BCUT2D eigenvalue weighted by atomic mass is 35.5. The van der Waals surface area contributed by atoms with Crippen molar-refractivity contribution in [3.63, 3.8) is 0 Å². The van der Waals surface area contributed by atoms with E-state index in [1.54, 1.807) is 0 Å². The number of aromatic nitrogens is 2. The minimum atomic E-state index is -4.47. The summed E-state index contributed by atoms with van der Waals surface area (Å²) in [5.74, 6) is 0. The van der Waals surface area contributed by atoms with Crippen molar-refractivity contribution in [2.24, 2.45) is 0 Å². The van der Waals surface area contributed by atoms with Gasteiger partial charge in [0.15, 0.2) is 4.47 Å². The zero-order valence-electron chi connectivity index (χ0n) is 8.74. The third-order valence-corrected chi connectivity index (χ3v) is 3.26. The summed E-state index contributed by atoms with van der Waals surface area (Å²) in [4.78, 5) is 15.8. The molecule has 0 atom stereocenters. The topological polar surface area (TPSA) is 34.9 Å². The molecule has 0 unspecified atom stereocenters. The Hall–Kier alpha value is -1.34. The van der Waals surface area contributed by atoms with Crippen LogP contribution in [0.2, 0.25) is 4.47 Å². The van der Waals surface area contributed by atoms with Crippen LogP contribution in [0.25, 0.3) is 0 Å². The van der Waals surface area contributed by atoms with Crippen molar-refractivity contribution in [2.45, 2.75) is 12.7 Å².